The van der Waals surface area contributed by atoms with Gasteiger partial charge in [-0.2, -0.15) is 0 Å². The van der Waals surface area contributed by atoms with Gasteiger partial charge in [0, 0.05) is 6.54 Å². The van der Waals surface area contributed by atoms with Crippen LogP contribution in [0.5, 0.6) is 5.75 Å². The van der Waals surface area contributed by atoms with Gasteiger partial charge in [0.15, 0.2) is 0 Å². The van der Waals surface area contributed by atoms with Gasteiger partial charge in [0.05, 0.1) is 6.04 Å². The van der Waals surface area contributed by atoms with Crippen molar-refractivity contribution in [2.24, 2.45) is 5.73 Å². The molecule has 6 N–H and O–H groups in total. The summed E-state index contributed by atoms with van der Waals surface area (Å²) in [5.74, 6) is -3.39. The quantitative estimate of drug-likeness (QED) is 0.400. The lowest BCUT2D eigenvalue weighted by Crippen LogP contribution is -2.43. The predicted octanol–water partition coefficient (Wildman–Crippen LogP) is -0.955. The minimum atomic E-state index is -1.82. The minimum absolute atomic E-state index is 0.169. The van der Waals surface area contributed by atoms with Gasteiger partial charge < -0.3 is 31.1 Å². The van der Waals surface area contributed by atoms with Gasteiger partial charge in [0.1, 0.15) is 18.5 Å². The molecule has 0 aliphatic heterocycles. The van der Waals surface area contributed by atoms with Gasteiger partial charge in [-0.1, -0.05) is 18.2 Å². The first-order valence-electron chi connectivity index (χ1n) is 6.58. The number of carbonyl (C=O) groups excluding carboxylic acids is 1. The van der Waals surface area contributed by atoms with Crippen molar-refractivity contribution in [3.63, 3.8) is 0 Å². The summed E-state index contributed by atoms with van der Waals surface area (Å²) < 4.78 is 5.35. The Morgan fingerprint density at radius 1 is 1.17 bits per heavy atom. The molecule has 128 valence electrons. The second-order valence-corrected chi connectivity index (χ2v) is 4.42. The van der Waals surface area contributed by atoms with Crippen LogP contribution in [0.25, 0.3) is 0 Å². The molecule has 1 aromatic carbocycles. The lowest BCUT2D eigenvalue weighted by Gasteiger charge is -2.15. The minimum Gasteiger partial charge on any atom is -0.491 e. The van der Waals surface area contributed by atoms with E-state index in [2.05, 4.69) is 5.32 Å². The number of primary amides is 1. The molecular formula is C14H20N2O7. The summed E-state index contributed by atoms with van der Waals surface area (Å²) in [5.41, 5.74) is 5.07. The normalized spacial score (nSPS) is 12.3. The molecule has 1 rings (SSSR count). The van der Waals surface area contributed by atoms with E-state index in [4.69, 9.17) is 30.3 Å². The molecule has 9 nitrogen and oxygen atoms in total. The summed E-state index contributed by atoms with van der Waals surface area (Å²) in [6.45, 7) is 2.08. The Hall–Kier alpha value is -2.65. The molecule has 1 amide bonds. The SMILES string of the molecule is CC(NCC(O)COc1ccccc1)C(N)=O.O=C(O)C(=O)O. The van der Waals surface area contributed by atoms with E-state index in [-0.39, 0.29) is 13.2 Å². The van der Waals surface area contributed by atoms with Gasteiger partial charge in [-0.3, -0.25) is 4.79 Å². The largest absolute Gasteiger partial charge is 0.491 e. The number of carbonyl (C=O) groups is 3. The van der Waals surface area contributed by atoms with Crippen molar-refractivity contribution in [2.75, 3.05) is 13.2 Å². The number of aliphatic hydroxyl groups excluding tert-OH is 1. The highest BCUT2D eigenvalue weighted by Gasteiger charge is 2.11. The van der Waals surface area contributed by atoms with Crippen molar-refractivity contribution < 1.29 is 34.4 Å². The fraction of sp³-hybridized carbons (Fsp3) is 0.357. The first-order chi connectivity index (χ1) is 10.7. The van der Waals surface area contributed by atoms with E-state index in [1.54, 1.807) is 6.92 Å². The number of amides is 1. The highest BCUT2D eigenvalue weighted by molar-refractivity contribution is 6.27. The molecule has 0 heterocycles. The Morgan fingerprint density at radius 3 is 2.13 bits per heavy atom. The molecule has 0 saturated carbocycles. The van der Waals surface area contributed by atoms with Crippen LogP contribution in [0.2, 0.25) is 0 Å². The maximum Gasteiger partial charge on any atom is 0.414 e. The third kappa shape index (κ3) is 10.7. The molecule has 0 saturated heterocycles. The molecule has 0 bridgehead atoms. The number of nitrogens with two attached hydrogens (primary N) is 1. The number of aliphatic hydroxyl groups is 1. The smallest absolute Gasteiger partial charge is 0.414 e. The third-order valence-electron chi connectivity index (χ3n) is 2.45. The van der Waals surface area contributed by atoms with Crippen molar-refractivity contribution in [1.29, 1.82) is 0 Å². The Bertz CT molecular complexity index is 495. The Balaban J connectivity index is 0.000000688. The zero-order valence-electron chi connectivity index (χ0n) is 12.5. The van der Waals surface area contributed by atoms with Gasteiger partial charge in [0.2, 0.25) is 5.91 Å². The summed E-state index contributed by atoms with van der Waals surface area (Å²) in [4.78, 5) is 28.9. The number of ether oxygens (including phenoxy) is 1. The lowest BCUT2D eigenvalue weighted by atomic mass is 10.3. The van der Waals surface area contributed by atoms with E-state index in [0.29, 0.717) is 5.75 Å². The van der Waals surface area contributed by atoms with Crippen molar-refractivity contribution in [2.45, 2.75) is 19.1 Å². The number of nitrogens with one attached hydrogen (secondary N) is 1. The first kappa shape index (κ1) is 20.3. The third-order valence-corrected chi connectivity index (χ3v) is 2.45. The molecule has 0 aliphatic rings. The summed E-state index contributed by atoms with van der Waals surface area (Å²) in [7, 11) is 0. The van der Waals surface area contributed by atoms with Crippen LogP contribution in [0.3, 0.4) is 0 Å². The summed E-state index contributed by atoms with van der Waals surface area (Å²) in [5, 5.41) is 27.2. The Morgan fingerprint density at radius 2 is 1.70 bits per heavy atom. The number of aliphatic carboxylic acids is 2. The van der Waals surface area contributed by atoms with Crippen molar-refractivity contribution in [1.82, 2.24) is 5.32 Å². The maximum atomic E-state index is 10.7. The van der Waals surface area contributed by atoms with Gasteiger partial charge in [0.25, 0.3) is 0 Å². The molecule has 0 spiro atoms. The number of hydrogen-bond donors (Lipinski definition) is 5. The monoisotopic (exact) mass is 328 g/mol. The van der Waals surface area contributed by atoms with Gasteiger partial charge in [-0.15, -0.1) is 0 Å². The molecule has 0 aliphatic carbocycles. The lowest BCUT2D eigenvalue weighted by molar-refractivity contribution is -0.159. The van der Waals surface area contributed by atoms with E-state index in [0.717, 1.165) is 0 Å². The van der Waals surface area contributed by atoms with Crippen molar-refractivity contribution in [3.05, 3.63) is 30.3 Å². The van der Waals surface area contributed by atoms with Crippen LogP contribution in [-0.2, 0) is 14.4 Å². The number of benzene rings is 1. The van der Waals surface area contributed by atoms with E-state index < -0.39 is 30.0 Å². The zero-order valence-corrected chi connectivity index (χ0v) is 12.5. The van der Waals surface area contributed by atoms with Gasteiger partial charge in [-0.05, 0) is 19.1 Å². The summed E-state index contributed by atoms with van der Waals surface area (Å²) >= 11 is 0. The molecule has 2 atom stereocenters. The van der Waals surface area contributed by atoms with E-state index >= 15 is 0 Å². The van der Waals surface area contributed by atoms with Crippen molar-refractivity contribution >= 4 is 17.8 Å². The van der Waals surface area contributed by atoms with Crippen LogP contribution in [0.4, 0.5) is 0 Å². The molecule has 2 unspecified atom stereocenters. The van der Waals surface area contributed by atoms with Crippen LogP contribution in [-0.4, -0.2) is 58.5 Å². The maximum absolute atomic E-state index is 10.7. The van der Waals surface area contributed by atoms with Crippen LogP contribution >= 0.6 is 0 Å². The van der Waals surface area contributed by atoms with Crippen molar-refractivity contribution in [3.8, 4) is 5.75 Å². The van der Waals surface area contributed by atoms with Crippen LogP contribution in [0.1, 0.15) is 6.92 Å². The number of para-hydroxylation sites is 1. The molecule has 0 radical (unpaired) electrons. The highest BCUT2D eigenvalue weighted by Crippen LogP contribution is 2.08. The Kier molecular flexibility index (Phi) is 9.72. The van der Waals surface area contributed by atoms with E-state index in [9.17, 15) is 9.90 Å². The molecule has 0 fully saturated rings. The molecule has 9 heteroatoms. The highest BCUT2D eigenvalue weighted by atomic mass is 16.5. The van der Waals surface area contributed by atoms with E-state index in [1.807, 2.05) is 30.3 Å². The van der Waals surface area contributed by atoms with Gasteiger partial charge in [-0.25, -0.2) is 9.59 Å². The topological polar surface area (TPSA) is 159 Å². The zero-order chi connectivity index (χ0) is 17.8. The van der Waals surface area contributed by atoms with Crippen LogP contribution < -0.4 is 15.8 Å². The second kappa shape index (κ2) is 11.0. The van der Waals surface area contributed by atoms with Crippen LogP contribution in [0.15, 0.2) is 30.3 Å². The average molecular weight is 328 g/mol. The molecule has 0 aromatic heterocycles. The fourth-order valence-corrected chi connectivity index (χ4v) is 1.18. The summed E-state index contributed by atoms with van der Waals surface area (Å²) in [6, 6.07) is 8.77. The molecule has 1 aromatic rings. The standard InChI is InChI=1S/C12H18N2O3.C2H2O4/c1-9(12(13)16)14-7-10(15)8-17-11-5-3-2-4-6-11;3-1(4)2(5)6/h2-6,9-10,14-15H,7-8H2,1H3,(H2,13,16);(H,3,4)(H,5,6). The van der Waals surface area contributed by atoms with Gasteiger partial charge >= 0.3 is 11.9 Å². The van der Waals surface area contributed by atoms with Crippen LogP contribution in [0, 0.1) is 0 Å². The van der Waals surface area contributed by atoms with E-state index in [1.165, 1.54) is 0 Å². The second-order valence-electron chi connectivity index (χ2n) is 4.42. The molecular weight excluding hydrogens is 308 g/mol. The average Bonchev–Trinajstić information content (AvgIpc) is 2.51. The number of hydrogen-bond acceptors (Lipinski definition) is 6. The number of carboxylic acids is 2. The predicted molar refractivity (Wildman–Crippen MR) is 79.9 cm³/mol. The fourth-order valence-electron chi connectivity index (χ4n) is 1.18. The Labute approximate surface area is 132 Å². The first-order valence-corrected chi connectivity index (χ1v) is 6.58. The molecule has 23 heavy (non-hydrogen) atoms. The summed E-state index contributed by atoms with van der Waals surface area (Å²) in [6.07, 6.45) is -0.683. The number of rotatable bonds is 7. The number of carboxylic acid groups (broad SMARTS) is 2.